The van der Waals surface area contributed by atoms with Crippen LogP contribution in [0.5, 0.6) is 5.75 Å². The summed E-state index contributed by atoms with van der Waals surface area (Å²) in [6, 6.07) is 11.0. The zero-order valence-electron chi connectivity index (χ0n) is 13.8. The van der Waals surface area contributed by atoms with E-state index >= 15 is 0 Å². The molecule has 0 fully saturated rings. The minimum atomic E-state index is -0.199. The molecule has 0 aliphatic carbocycles. The van der Waals surface area contributed by atoms with Crippen LogP contribution in [-0.4, -0.2) is 18.2 Å². The second-order valence-electron chi connectivity index (χ2n) is 5.42. The van der Waals surface area contributed by atoms with Gasteiger partial charge >= 0.3 is 0 Å². The lowest BCUT2D eigenvalue weighted by molar-refractivity contribution is 0.0948. The average Bonchev–Trinajstić information content (AvgIpc) is 3.19. The van der Waals surface area contributed by atoms with Gasteiger partial charge < -0.3 is 19.0 Å². The molecule has 1 amide bonds. The molecule has 1 N–H and O–H groups in total. The Kier molecular flexibility index (Phi) is 4.37. The maximum absolute atomic E-state index is 12.2. The van der Waals surface area contributed by atoms with Crippen molar-refractivity contribution in [1.82, 2.24) is 10.5 Å². The molecule has 3 aromatic rings. The molecule has 0 unspecified atom stereocenters. The van der Waals surface area contributed by atoms with Crippen LogP contribution in [0.2, 0.25) is 0 Å². The predicted octanol–water partition coefficient (Wildman–Crippen LogP) is 3.49. The minimum Gasteiger partial charge on any atom is -0.497 e. The molecule has 0 saturated heterocycles. The molecule has 24 heavy (non-hydrogen) atoms. The van der Waals surface area contributed by atoms with Crippen LogP contribution >= 0.6 is 0 Å². The van der Waals surface area contributed by atoms with Crippen molar-refractivity contribution in [2.45, 2.75) is 20.4 Å². The number of nitrogens with one attached hydrogen (secondary N) is 1. The van der Waals surface area contributed by atoms with Gasteiger partial charge in [-0.2, -0.15) is 0 Å². The SMILES string of the molecule is COc1cccc(-c2cc(CNC(=O)c3cc(C)oc3C)no2)c1. The van der Waals surface area contributed by atoms with Gasteiger partial charge in [-0.25, -0.2) is 0 Å². The summed E-state index contributed by atoms with van der Waals surface area (Å²) in [6.07, 6.45) is 0. The quantitative estimate of drug-likeness (QED) is 0.776. The van der Waals surface area contributed by atoms with Crippen LogP contribution in [0.15, 0.2) is 45.3 Å². The standard InChI is InChI=1S/C18H18N2O4/c1-11-7-16(12(2)23-11)18(21)19-10-14-9-17(24-20-14)13-5-4-6-15(8-13)22-3/h4-9H,10H2,1-3H3,(H,19,21). The zero-order chi connectivity index (χ0) is 17.1. The summed E-state index contributed by atoms with van der Waals surface area (Å²) in [5, 5.41) is 6.80. The number of hydrogen-bond acceptors (Lipinski definition) is 5. The highest BCUT2D eigenvalue weighted by Crippen LogP contribution is 2.24. The average molecular weight is 326 g/mol. The van der Waals surface area contributed by atoms with Gasteiger partial charge in [-0.15, -0.1) is 0 Å². The molecule has 0 radical (unpaired) electrons. The molecular formula is C18H18N2O4. The van der Waals surface area contributed by atoms with E-state index in [2.05, 4.69) is 10.5 Å². The number of methoxy groups -OCH3 is 1. The Morgan fingerprint density at radius 2 is 2.08 bits per heavy atom. The Morgan fingerprint density at radius 3 is 2.79 bits per heavy atom. The molecule has 6 heteroatoms. The zero-order valence-corrected chi connectivity index (χ0v) is 13.8. The lowest BCUT2D eigenvalue weighted by Crippen LogP contribution is -2.23. The van der Waals surface area contributed by atoms with E-state index in [4.69, 9.17) is 13.7 Å². The molecule has 2 heterocycles. The predicted molar refractivity (Wildman–Crippen MR) is 87.8 cm³/mol. The normalized spacial score (nSPS) is 10.6. The molecule has 0 aliphatic rings. The lowest BCUT2D eigenvalue weighted by atomic mass is 10.1. The van der Waals surface area contributed by atoms with Gasteiger partial charge in [-0.3, -0.25) is 4.79 Å². The molecule has 3 rings (SSSR count). The van der Waals surface area contributed by atoms with Crippen LogP contribution in [0, 0.1) is 13.8 Å². The smallest absolute Gasteiger partial charge is 0.255 e. The fraction of sp³-hybridized carbons (Fsp3) is 0.222. The van der Waals surface area contributed by atoms with Gasteiger partial charge in [0.1, 0.15) is 23.0 Å². The first-order chi connectivity index (χ1) is 11.6. The van der Waals surface area contributed by atoms with Crippen molar-refractivity contribution in [3.8, 4) is 17.1 Å². The van der Waals surface area contributed by atoms with Crippen LogP contribution < -0.4 is 10.1 Å². The Morgan fingerprint density at radius 1 is 1.25 bits per heavy atom. The van der Waals surface area contributed by atoms with Crippen LogP contribution in [0.3, 0.4) is 0 Å². The fourth-order valence-corrected chi connectivity index (χ4v) is 2.43. The van der Waals surface area contributed by atoms with E-state index in [0.29, 0.717) is 28.5 Å². The molecule has 1 aromatic carbocycles. The summed E-state index contributed by atoms with van der Waals surface area (Å²) in [7, 11) is 1.61. The largest absolute Gasteiger partial charge is 0.497 e. The van der Waals surface area contributed by atoms with Gasteiger partial charge in [-0.05, 0) is 32.0 Å². The van der Waals surface area contributed by atoms with Gasteiger partial charge in [0.25, 0.3) is 5.91 Å². The molecule has 0 aliphatic heterocycles. The third kappa shape index (κ3) is 3.32. The van der Waals surface area contributed by atoms with Gasteiger partial charge in [0.15, 0.2) is 5.76 Å². The van der Waals surface area contributed by atoms with E-state index in [0.717, 1.165) is 11.3 Å². The van der Waals surface area contributed by atoms with E-state index in [9.17, 15) is 4.79 Å². The van der Waals surface area contributed by atoms with Crippen molar-refractivity contribution in [3.05, 3.63) is 59.2 Å². The van der Waals surface area contributed by atoms with Crippen molar-refractivity contribution in [2.24, 2.45) is 0 Å². The highest BCUT2D eigenvalue weighted by molar-refractivity contribution is 5.95. The number of rotatable bonds is 5. The van der Waals surface area contributed by atoms with E-state index in [1.807, 2.05) is 31.2 Å². The van der Waals surface area contributed by atoms with Gasteiger partial charge in [-0.1, -0.05) is 17.3 Å². The third-order valence-corrected chi connectivity index (χ3v) is 3.63. The third-order valence-electron chi connectivity index (χ3n) is 3.63. The first-order valence-corrected chi connectivity index (χ1v) is 7.52. The van der Waals surface area contributed by atoms with Crippen molar-refractivity contribution in [1.29, 1.82) is 0 Å². The van der Waals surface area contributed by atoms with Crippen LogP contribution in [0.1, 0.15) is 27.6 Å². The summed E-state index contributed by atoms with van der Waals surface area (Å²) < 4.78 is 15.9. The maximum Gasteiger partial charge on any atom is 0.255 e. The number of ether oxygens (including phenoxy) is 1. The Labute approximate surface area is 139 Å². The highest BCUT2D eigenvalue weighted by Gasteiger charge is 2.14. The molecule has 0 bridgehead atoms. The van der Waals surface area contributed by atoms with Crippen molar-refractivity contribution in [2.75, 3.05) is 7.11 Å². The summed E-state index contributed by atoms with van der Waals surface area (Å²) in [4.78, 5) is 12.2. The molecule has 0 saturated carbocycles. The number of aryl methyl sites for hydroxylation is 2. The summed E-state index contributed by atoms with van der Waals surface area (Å²) in [5.74, 6) is 2.47. The van der Waals surface area contributed by atoms with Gasteiger partial charge in [0.2, 0.25) is 0 Å². The fourth-order valence-electron chi connectivity index (χ4n) is 2.43. The number of furan rings is 1. The lowest BCUT2D eigenvalue weighted by Gasteiger charge is -2.01. The molecule has 2 aromatic heterocycles. The van der Waals surface area contributed by atoms with Crippen LogP contribution in [0.4, 0.5) is 0 Å². The molecular weight excluding hydrogens is 308 g/mol. The monoisotopic (exact) mass is 326 g/mol. The summed E-state index contributed by atoms with van der Waals surface area (Å²) >= 11 is 0. The number of aromatic nitrogens is 1. The van der Waals surface area contributed by atoms with E-state index in [1.54, 1.807) is 26.2 Å². The first-order valence-electron chi connectivity index (χ1n) is 7.52. The summed E-state index contributed by atoms with van der Waals surface area (Å²) in [5.41, 5.74) is 2.03. The number of benzene rings is 1. The van der Waals surface area contributed by atoms with E-state index in [-0.39, 0.29) is 12.5 Å². The van der Waals surface area contributed by atoms with E-state index in [1.165, 1.54) is 0 Å². The van der Waals surface area contributed by atoms with Crippen molar-refractivity contribution in [3.63, 3.8) is 0 Å². The van der Waals surface area contributed by atoms with E-state index < -0.39 is 0 Å². The minimum absolute atomic E-state index is 0.199. The number of amides is 1. The topological polar surface area (TPSA) is 77.5 Å². The second-order valence-corrected chi connectivity index (χ2v) is 5.42. The van der Waals surface area contributed by atoms with Crippen LogP contribution in [-0.2, 0) is 6.54 Å². The number of carbonyl (C=O) groups excluding carboxylic acids is 1. The highest BCUT2D eigenvalue weighted by atomic mass is 16.5. The Balaban J connectivity index is 1.68. The molecule has 0 atom stereocenters. The first kappa shape index (κ1) is 15.9. The van der Waals surface area contributed by atoms with Gasteiger partial charge in [0.05, 0.1) is 19.2 Å². The molecule has 6 nitrogen and oxygen atoms in total. The van der Waals surface area contributed by atoms with Crippen molar-refractivity contribution >= 4 is 5.91 Å². The second kappa shape index (κ2) is 6.62. The Hall–Kier alpha value is -3.02. The molecule has 0 spiro atoms. The Bertz CT molecular complexity index is 864. The summed E-state index contributed by atoms with van der Waals surface area (Å²) in [6.45, 7) is 3.84. The number of hydrogen-bond donors (Lipinski definition) is 1. The molecule has 124 valence electrons. The van der Waals surface area contributed by atoms with Crippen LogP contribution in [0.25, 0.3) is 11.3 Å². The van der Waals surface area contributed by atoms with Gasteiger partial charge in [0, 0.05) is 11.6 Å². The maximum atomic E-state index is 12.2. The number of nitrogens with zero attached hydrogens (tertiary/aromatic N) is 1. The number of carbonyl (C=O) groups is 1. The van der Waals surface area contributed by atoms with Crippen molar-refractivity contribution < 1.29 is 18.5 Å².